The quantitative estimate of drug-likeness (QED) is 0.538. The molecule has 0 bridgehead atoms. The summed E-state index contributed by atoms with van der Waals surface area (Å²) in [5, 5.41) is 2.95. The third-order valence-electron chi connectivity index (χ3n) is 5.10. The highest BCUT2D eigenvalue weighted by Gasteiger charge is 2.33. The van der Waals surface area contributed by atoms with Crippen molar-refractivity contribution in [3.05, 3.63) is 67.0 Å². The molecule has 0 spiro atoms. The molecular weight excluding hydrogens is 392 g/mol. The van der Waals surface area contributed by atoms with Crippen molar-refractivity contribution in [2.45, 2.75) is 6.92 Å². The Bertz CT molecular complexity index is 989. The van der Waals surface area contributed by atoms with E-state index in [1.54, 1.807) is 6.33 Å². The van der Waals surface area contributed by atoms with Crippen molar-refractivity contribution in [1.82, 2.24) is 15.3 Å². The van der Waals surface area contributed by atoms with Gasteiger partial charge in [0.15, 0.2) is 0 Å². The number of carbonyl (C=O) groups is 1. The van der Waals surface area contributed by atoms with Crippen LogP contribution >= 0.6 is 0 Å². The first-order valence-electron chi connectivity index (χ1n) is 10.5. The Balaban J connectivity index is 1.19. The lowest BCUT2D eigenvalue weighted by molar-refractivity contribution is -0.125. The summed E-state index contributed by atoms with van der Waals surface area (Å²) in [5.41, 5.74) is 1.93. The fourth-order valence-corrected chi connectivity index (χ4v) is 3.40. The number of nitrogens with one attached hydrogen (secondary N) is 1. The third-order valence-corrected chi connectivity index (χ3v) is 5.10. The van der Waals surface area contributed by atoms with Crippen LogP contribution in [-0.4, -0.2) is 48.7 Å². The fourth-order valence-electron chi connectivity index (χ4n) is 3.40. The molecule has 1 fully saturated rings. The first kappa shape index (κ1) is 20.7. The molecule has 1 aliphatic heterocycles. The smallest absolute Gasteiger partial charge is 0.226 e. The molecule has 4 rings (SSSR count). The molecule has 2 heterocycles. The molecule has 31 heavy (non-hydrogen) atoms. The molecule has 3 aromatic rings. The number of amides is 1. The van der Waals surface area contributed by atoms with E-state index in [0.29, 0.717) is 32.8 Å². The van der Waals surface area contributed by atoms with Crippen LogP contribution in [0.3, 0.4) is 0 Å². The molecule has 1 aliphatic rings. The zero-order valence-corrected chi connectivity index (χ0v) is 17.5. The molecule has 160 valence electrons. The zero-order chi connectivity index (χ0) is 21.5. The van der Waals surface area contributed by atoms with E-state index >= 15 is 0 Å². The van der Waals surface area contributed by atoms with Gasteiger partial charge < -0.3 is 19.7 Å². The van der Waals surface area contributed by atoms with E-state index < -0.39 is 0 Å². The lowest BCUT2D eigenvalue weighted by Gasteiger charge is -2.39. The van der Waals surface area contributed by atoms with Crippen LogP contribution in [0.25, 0.3) is 11.3 Å². The number of anilines is 1. The summed E-state index contributed by atoms with van der Waals surface area (Å²) >= 11 is 0. The van der Waals surface area contributed by atoms with E-state index in [0.717, 1.165) is 28.6 Å². The van der Waals surface area contributed by atoms with Crippen LogP contribution in [0.5, 0.6) is 11.5 Å². The number of hydrogen-bond donors (Lipinski definition) is 1. The van der Waals surface area contributed by atoms with Crippen LogP contribution in [0, 0.1) is 5.92 Å². The van der Waals surface area contributed by atoms with Gasteiger partial charge in [-0.2, -0.15) is 0 Å². The predicted octanol–water partition coefficient (Wildman–Crippen LogP) is 3.17. The van der Waals surface area contributed by atoms with Crippen LogP contribution in [0.15, 0.2) is 67.0 Å². The minimum Gasteiger partial charge on any atom is -0.494 e. The number of ether oxygens (including phenoxy) is 2. The molecule has 2 aromatic carbocycles. The highest BCUT2D eigenvalue weighted by Crippen LogP contribution is 2.26. The summed E-state index contributed by atoms with van der Waals surface area (Å²) < 4.78 is 11.1. The van der Waals surface area contributed by atoms with Gasteiger partial charge in [0, 0.05) is 24.7 Å². The highest BCUT2D eigenvalue weighted by atomic mass is 16.5. The molecule has 0 radical (unpaired) electrons. The standard InChI is InChI=1S/C24H26N4O3/c1-2-30-20-8-10-21(11-9-20)31-13-12-25-24(29)19-15-28(16-19)23-14-22(26-17-27-23)18-6-4-3-5-7-18/h3-11,14,17,19H,2,12-13,15-16H2,1H3,(H,25,29). The first-order valence-corrected chi connectivity index (χ1v) is 10.5. The summed E-state index contributed by atoms with van der Waals surface area (Å²) in [6, 6.07) is 19.4. The predicted molar refractivity (Wildman–Crippen MR) is 119 cm³/mol. The maximum Gasteiger partial charge on any atom is 0.226 e. The maximum absolute atomic E-state index is 12.4. The molecule has 1 aromatic heterocycles. The van der Waals surface area contributed by atoms with E-state index in [1.165, 1.54) is 0 Å². The largest absolute Gasteiger partial charge is 0.494 e. The summed E-state index contributed by atoms with van der Waals surface area (Å²) in [6.07, 6.45) is 1.57. The van der Waals surface area contributed by atoms with E-state index in [-0.39, 0.29) is 11.8 Å². The van der Waals surface area contributed by atoms with Crippen molar-refractivity contribution < 1.29 is 14.3 Å². The molecule has 0 atom stereocenters. The number of carbonyl (C=O) groups excluding carboxylic acids is 1. The number of aromatic nitrogens is 2. The first-order chi connectivity index (χ1) is 15.2. The van der Waals surface area contributed by atoms with Gasteiger partial charge in [0.25, 0.3) is 0 Å². The van der Waals surface area contributed by atoms with Crippen molar-refractivity contribution in [3.63, 3.8) is 0 Å². The molecule has 1 N–H and O–H groups in total. The van der Waals surface area contributed by atoms with Crippen LogP contribution < -0.4 is 19.7 Å². The Labute approximate surface area is 182 Å². The van der Waals surface area contributed by atoms with Gasteiger partial charge in [-0.25, -0.2) is 9.97 Å². The van der Waals surface area contributed by atoms with E-state index in [2.05, 4.69) is 20.2 Å². The van der Waals surface area contributed by atoms with Gasteiger partial charge in [-0.05, 0) is 31.2 Å². The van der Waals surface area contributed by atoms with Gasteiger partial charge >= 0.3 is 0 Å². The number of benzene rings is 2. The van der Waals surface area contributed by atoms with Crippen molar-refractivity contribution >= 4 is 11.7 Å². The van der Waals surface area contributed by atoms with Crippen molar-refractivity contribution in [2.75, 3.05) is 37.7 Å². The number of hydrogen-bond acceptors (Lipinski definition) is 6. The molecule has 1 saturated heterocycles. The Morgan fingerprint density at radius 3 is 2.45 bits per heavy atom. The summed E-state index contributed by atoms with van der Waals surface area (Å²) in [7, 11) is 0. The second kappa shape index (κ2) is 9.93. The number of nitrogens with zero attached hydrogens (tertiary/aromatic N) is 3. The lowest BCUT2D eigenvalue weighted by Crippen LogP contribution is -2.54. The van der Waals surface area contributed by atoms with Crippen molar-refractivity contribution in [1.29, 1.82) is 0 Å². The van der Waals surface area contributed by atoms with E-state index in [1.807, 2.05) is 67.6 Å². The minimum absolute atomic E-state index is 0.0411. The SMILES string of the molecule is CCOc1ccc(OCCNC(=O)C2CN(c3cc(-c4ccccc4)ncn3)C2)cc1. The monoisotopic (exact) mass is 418 g/mol. The third kappa shape index (κ3) is 5.31. The summed E-state index contributed by atoms with van der Waals surface area (Å²) in [4.78, 5) is 23.2. The maximum atomic E-state index is 12.4. The minimum atomic E-state index is -0.0411. The Morgan fingerprint density at radius 2 is 1.74 bits per heavy atom. The average Bonchev–Trinajstić information content (AvgIpc) is 2.78. The van der Waals surface area contributed by atoms with Gasteiger partial charge in [0.1, 0.15) is 30.3 Å². The van der Waals surface area contributed by atoms with E-state index in [4.69, 9.17) is 9.47 Å². The molecule has 7 heteroatoms. The molecule has 7 nitrogen and oxygen atoms in total. The average molecular weight is 418 g/mol. The molecule has 0 aliphatic carbocycles. The fraction of sp³-hybridized carbons (Fsp3) is 0.292. The van der Waals surface area contributed by atoms with Gasteiger partial charge in [-0.1, -0.05) is 30.3 Å². The van der Waals surface area contributed by atoms with Gasteiger partial charge in [0.05, 0.1) is 24.8 Å². The second-order valence-corrected chi connectivity index (χ2v) is 7.27. The van der Waals surface area contributed by atoms with Gasteiger partial charge in [-0.15, -0.1) is 0 Å². The Kier molecular flexibility index (Phi) is 6.62. The summed E-state index contributed by atoms with van der Waals surface area (Å²) in [5.74, 6) is 2.42. The van der Waals surface area contributed by atoms with Crippen molar-refractivity contribution in [2.24, 2.45) is 5.92 Å². The van der Waals surface area contributed by atoms with Gasteiger partial charge in [-0.3, -0.25) is 4.79 Å². The van der Waals surface area contributed by atoms with Crippen LogP contribution in [0.2, 0.25) is 0 Å². The second-order valence-electron chi connectivity index (χ2n) is 7.27. The normalized spacial score (nSPS) is 13.4. The Hall–Kier alpha value is -3.61. The highest BCUT2D eigenvalue weighted by molar-refractivity contribution is 5.81. The molecule has 0 saturated carbocycles. The summed E-state index contributed by atoms with van der Waals surface area (Å²) in [6.45, 7) is 4.77. The molecular formula is C24H26N4O3. The molecule has 0 unspecified atom stereocenters. The van der Waals surface area contributed by atoms with Crippen molar-refractivity contribution in [3.8, 4) is 22.8 Å². The topological polar surface area (TPSA) is 76.6 Å². The lowest BCUT2D eigenvalue weighted by atomic mass is 9.99. The molecule has 1 amide bonds. The van der Waals surface area contributed by atoms with E-state index in [9.17, 15) is 4.79 Å². The van der Waals surface area contributed by atoms with Crippen LogP contribution in [-0.2, 0) is 4.79 Å². The number of rotatable bonds is 9. The van der Waals surface area contributed by atoms with Crippen LogP contribution in [0.4, 0.5) is 5.82 Å². The zero-order valence-electron chi connectivity index (χ0n) is 17.5. The Morgan fingerprint density at radius 1 is 1.03 bits per heavy atom. The van der Waals surface area contributed by atoms with Gasteiger partial charge in [0.2, 0.25) is 5.91 Å². The van der Waals surface area contributed by atoms with Crippen LogP contribution in [0.1, 0.15) is 6.92 Å².